The van der Waals surface area contributed by atoms with Crippen LogP contribution in [0, 0.1) is 0 Å². The normalized spacial score (nSPS) is 16.5. The molecule has 208 valence electrons. The van der Waals surface area contributed by atoms with Gasteiger partial charge in [-0.05, 0) is 62.7 Å². The first-order chi connectivity index (χ1) is 20.8. The molecule has 0 radical (unpaired) electrons. The van der Waals surface area contributed by atoms with Crippen LogP contribution >= 0.6 is 0 Å². The van der Waals surface area contributed by atoms with E-state index in [4.69, 9.17) is 13.7 Å². The van der Waals surface area contributed by atoms with Gasteiger partial charge in [0.2, 0.25) is 0 Å². The number of hydrogen-bond acceptors (Lipinski definition) is 3. The lowest BCUT2D eigenvalue weighted by Crippen LogP contribution is -2.41. The highest BCUT2D eigenvalue weighted by Crippen LogP contribution is 2.42. The van der Waals surface area contributed by atoms with Crippen molar-refractivity contribution in [3.05, 3.63) is 109 Å². The van der Waals surface area contributed by atoms with E-state index in [0.717, 1.165) is 43.9 Å². The van der Waals surface area contributed by atoms with Crippen molar-refractivity contribution in [3.8, 4) is 5.69 Å². The molecule has 6 aromatic carbocycles. The van der Waals surface area contributed by atoms with Gasteiger partial charge in [0.25, 0.3) is 0 Å². The molecule has 1 fully saturated rings. The molecule has 4 nitrogen and oxygen atoms in total. The lowest BCUT2D eigenvalue weighted by molar-refractivity contribution is 0.00578. The molecular weight excluding hydrogens is 529 g/mol. The largest absolute Gasteiger partial charge is 0.498 e. The molecular formula is C38H30BNO3. The Morgan fingerprint density at radius 1 is 0.512 bits per heavy atom. The maximum absolute atomic E-state index is 6.78. The molecule has 0 saturated carbocycles. The van der Waals surface area contributed by atoms with Crippen LogP contribution in [0.2, 0.25) is 0 Å². The zero-order chi connectivity index (χ0) is 29.1. The number of nitrogens with zero attached hydrogens (tertiary/aromatic N) is 1. The van der Waals surface area contributed by atoms with Crippen LogP contribution in [-0.4, -0.2) is 22.9 Å². The molecule has 0 spiro atoms. The van der Waals surface area contributed by atoms with Crippen LogP contribution in [0.4, 0.5) is 0 Å². The Labute approximate surface area is 249 Å². The number of benzene rings is 6. The molecule has 2 aromatic heterocycles. The van der Waals surface area contributed by atoms with Crippen molar-refractivity contribution in [1.82, 2.24) is 4.57 Å². The average Bonchev–Trinajstić information content (AvgIpc) is 3.61. The van der Waals surface area contributed by atoms with Crippen molar-refractivity contribution in [1.29, 1.82) is 0 Å². The number of furan rings is 1. The summed E-state index contributed by atoms with van der Waals surface area (Å²) < 4.78 is 22.1. The standard InChI is InChI=1S/C38H30BNO3/c1-37(2)38(3,4)43-39(42-37)31-18-11-17-28-30-22-34(25-14-7-8-16-27(25)35(30)41-36(28)31)40-32-19-10-9-15-26(32)29-20-23-12-5-6-13-24(23)21-33(29)40/h5-22H,1-4H3. The van der Waals surface area contributed by atoms with Gasteiger partial charge in [0.05, 0.1) is 27.9 Å². The molecule has 0 N–H and O–H groups in total. The summed E-state index contributed by atoms with van der Waals surface area (Å²) in [5.41, 5.74) is 5.24. The van der Waals surface area contributed by atoms with Gasteiger partial charge in [-0.2, -0.15) is 0 Å². The third-order valence-corrected chi connectivity index (χ3v) is 9.80. The van der Waals surface area contributed by atoms with Gasteiger partial charge in [-0.3, -0.25) is 0 Å². The Morgan fingerprint density at radius 2 is 1.12 bits per heavy atom. The first-order valence-corrected chi connectivity index (χ1v) is 15.0. The van der Waals surface area contributed by atoms with E-state index in [1.165, 1.54) is 32.6 Å². The predicted octanol–water partition coefficient (Wildman–Crippen LogP) is 9.29. The van der Waals surface area contributed by atoms with Gasteiger partial charge in [0, 0.05) is 37.8 Å². The molecule has 0 unspecified atom stereocenters. The van der Waals surface area contributed by atoms with Crippen LogP contribution < -0.4 is 5.46 Å². The number of aromatic nitrogens is 1. The second-order valence-electron chi connectivity index (χ2n) is 12.8. The molecule has 1 aliphatic heterocycles. The molecule has 3 heterocycles. The van der Waals surface area contributed by atoms with Crippen molar-refractivity contribution in [3.63, 3.8) is 0 Å². The number of rotatable bonds is 2. The van der Waals surface area contributed by atoms with E-state index in [2.05, 4.69) is 141 Å². The van der Waals surface area contributed by atoms with Crippen molar-refractivity contribution >= 4 is 77.9 Å². The number of fused-ring (bicyclic) bond motifs is 9. The van der Waals surface area contributed by atoms with Gasteiger partial charge in [0.15, 0.2) is 0 Å². The summed E-state index contributed by atoms with van der Waals surface area (Å²) in [7, 11) is -0.509. The van der Waals surface area contributed by atoms with E-state index in [-0.39, 0.29) is 0 Å². The van der Waals surface area contributed by atoms with Gasteiger partial charge in [-0.25, -0.2) is 0 Å². The minimum Gasteiger partial charge on any atom is -0.456 e. The van der Waals surface area contributed by atoms with E-state index < -0.39 is 18.3 Å². The zero-order valence-corrected chi connectivity index (χ0v) is 24.6. The summed E-state index contributed by atoms with van der Waals surface area (Å²) in [6.45, 7) is 8.34. The zero-order valence-electron chi connectivity index (χ0n) is 24.6. The summed E-state index contributed by atoms with van der Waals surface area (Å²) in [4.78, 5) is 0. The molecule has 0 aliphatic carbocycles. The summed E-state index contributed by atoms with van der Waals surface area (Å²) in [5, 5.41) is 9.32. The Kier molecular flexibility index (Phi) is 4.94. The molecule has 0 atom stereocenters. The van der Waals surface area contributed by atoms with Crippen molar-refractivity contribution < 1.29 is 13.7 Å². The van der Waals surface area contributed by atoms with Crippen LogP contribution in [0.15, 0.2) is 114 Å². The lowest BCUT2D eigenvalue weighted by Gasteiger charge is -2.32. The first-order valence-electron chi connectivity index (χ1n) is 15.0. The smallest absolute Gasteiger partial charge is 0.456 e. The van der Waals surface area contributed by atoms with E-state index in [0.29, 0.717) is 0 Å². The topological polar surface area (TPSA) is 36.5 Å². The molecule has 0 bridgehead atoms. The van der Waals surface area contributed by atoms with Gasteiger partial charge >= 0.3 is 7.12 Å². The van der Waals surface area contributed by atoms with Crippen LogP contribution in [0.25, 0.3) is 71.0 Å². The van der Waals surface area contributed by atoms with E-state index in [9.17, 15) is 0 Å². The number of hydrogen-bond donors (Lipinski definition) is 0. The van der Waals surface area contributed by atoms with Crippen LogP contribution in [0.5, 0.6) is 0 Å². The Hall–Kier alpha value is -4.58. The molecule has 0 amide bonds. The maximum Gasteiger partial charge on any atom is 0.498 e. The van der Waals surface area contributed by atoms with Crippen LogP contribution in [-0.2, 0) is 9.31 Å². The summed E-state index contributed by atoms with van der Waals surface area (Å²) in [5.74, 6) is 0. The highest BCUT2D eigenvalue weighted by atomic mass is 16.7. The van der Waals surface area contributed by atoms with Crippen LogP contribution in [0.1, 0.15) is 27.7 Å². The van der Waals surface area contributed by atoms with Crippen LogP contribution in [0.3, 0.4) is 0 Å². The lowest BCUT2D eigenvalue weighted by atomic mass is 9.78. The van der Waals surface area contributed by atoms with Crippen molar-refractivity contribution in [2.24, 2.45) is 0 Å². The summed E-state index contributed by atoms with van der Waals surface area (Å²) >= 11 is 0. The molecule has 5 heteroatoms. The summed E-state index contributed by atoms with van der Waals surface area (Å²) in [6, 6.07) is 39.1. The predicted molar refractivity (Wildman–Crippen MR) is 179 cm³/mol. The minimum absolute atomic E-state index is 0.438. The fourth-order valence-corrected chi connectivity index (χ4v) is 6.88. The molecule has 1 saturated heterocycles. The fraction of sp³-hybridized carbons (Fsp3) is 0.158. The van der Waals surface area contributed by atoms with E-state index in [1.54, 1.807) is 0 Å². The highest BCUT2D eigenvalue weighted by molar-refractivity contribution is 6.65. The SMILES string of the molecule is CC1(C)OB(c2cccc3c2oc2c4ccccc4c(-n4c5ccccc5c5cc6ccccc6cc54)cc32)OC1(C)C. The quantitative estimate of drug-likeness (QED) is 0.198. The molecule has 1 aliphatic rings. The highest BCUT2D eigenvalue weighted by Gasteiger charge is 2.52. The van der Waals surface area contributed by atoms with Gasteiger partial charge < -0.3 is 18.3 Å². The van der Waals surface area contributed by atoms with E-state index in [1.807, 2.05) is 0 Å². The average molecular weight is 559 g/mol. The maximum atomic E-state index is 6.78. The third-order valence-electron chi connectivity index (χ3n) is 9.80. The van der Waals surface area contributed by atoms with Crippen molar-refractivity contribution in [2.45, 2.75) is 38.9 Å². The Balaban J connectivity index is 1.38. The summed E-state index contributed by atoms with van der Waals surface area (Å²) in [6.07, 6.45) is 0. The van der Waals surface area contributed by atoms with E-state index >= 15 is 0 Å². The van der Waals surface area contributed by atoms with Gasteiger partial charge in [-0.15, -0.1) is 0 Å². The number of para-hydroxylation sites is 2. The minimum atomic E-state index is -0.509. The Bertz CT molecular complexity index is 2410. The first kappa shape index (κ1) is 25.0. The fourth-order valence-electron chi connectivity index (χ4n) is 6.88. The molecule has 9 rings (SSSR count). The second-order valence-corrected chi connectivity index (χ2v) is 12.8. The van der Waals surface area contributed by atoms with Gasteiger partial charge in [0.1, 0.15) is 11.2 Å². The monoisotopic (exact) mass is 559 g/mol. The second kappa shape index (κ2) is 8.50. The molecule has 43 heavy (non-hydrogen) atoms. The van der Waals surface area contributed by atoms with Gasteiger partial charge in [-0.1, -0.05) is 84.9 Å². The molecule has 8 aromatic rings. The Morgan fingerprint density at radius 3 is 1.88 bits per heavy atom. The third kappa shape index (κ3) is 3.41. The van der Waals surface area contributed by atoms with Crippen molar-refractivity contribution in [2.75, 3.05) is 0 Å².